The second-order valence-electron chi connectivity index (χ2n) is 6.44. The summed E-state index contributed by atoms with van der Waals surface area (Å²) in [5, 5.41) is 0. The molecular weight excluding hydrogens is 333 g/mol. The third kappa shape index (κ3) is 4.69. The highest BCUT2D eigenvalue weighted by Crippen LogP contribution is 2.19. The molecule has 3 rings (SSSR count). The van der Waals surface area contributed by atoms with E-state index in [1.165, 1.54) is 18.2 Å². The quantitative estimate of drug-likeness (QED) is 0.739. The van der Waals surface area contributed by atoms with Gasteiger partial charge in [0.1, 0.15) is 17.7 Å². The van der Waals surface area contributed by atoms with E-state index in [2.05, 4.69) is 0 Å². The van der Waals surface area contributed by atoms with Crippen LogP contribution in [0.2, 0.25) is 0 Å². The van der Waals surface area contributed by atoms with Gasteiger partial charge in [0.2, 0.25) is 5.91 Å². The van der Waals surface area contributed by atoms with Crippen LogP contribution in [-0.2, 0) is 4.79 Å². The number of ketones is 1. The molecule has 0 spiro atoms. The molecule has 1 fully saturated rings. The summed E-state index contributed by atoms with van der Waals surface area (Å²) in [7, 11) is 0. The Balaban J connectivity index is 1.51. The summed E-state index contributed by atoms with van der Waals surface area (Å²) in [6.07, 6.45) is 1.82. The van der Waals surface area contributed by atoms with Gasteiger partial charge in [-0.1, -0.05) is 30.3 Å². The maximum absolute atomic E-state index is 13.6. The van der Waals surface area contributed by atoms with Gasteiger partial charge in [0, 0.05) is 19.4 Å². The van der Waals surface area contributed by atoms with Gasteiger partial charge >= 0.3 is 0 Å². The van der Waals surface area contributed by atoms with Gasteiger partial charge in [-0.3, -0.25) is 9.59 Å². The lowest BCUT2D eigenvalue weighted by molar-refractivity contribution is -0.133. The van der Waals surface area contributed by atoms with Crippen LogP contribution in [0.3, 0.4) is 0 Å². The molecule has 1 aliphatic rings. The molecule has 1 aliphatic heterocycles. The lowest BCUT2D eigenvalue weighted by atomic mass is 10.0. The van der Waals surface area contributed by atoms with Crippen LogP contribution in [-0.4, -0.2) is 35.8 Å². The number of hydrogen-bond acceptors (Lipinski definition) is 3. The number of nitrogens with zero attached hydrogens (tertiary/aromatic N) is 1. The van der Waals surface area contributed by atoms with Gasteiger partial charge in [-0.15, -0.1) is 0 Å². The highest BCUT2D eigenvalue weighted by Gasteiger charge is 2.25. The molecule has 5 heteroatoms. The molecule has 4 nitrogen and oxygen atoms in total. The van der Waals surface area contributed by atoms with Gasteiger partial charge in [-0.05, 0) is 37.1 Å². The Kier molecular flexibility index (Phi) is 6.00. The summed E-state index contributed by atoms with van der Waals surface area (Å²) in [6, 6.07) is 15.4. The molecule has 2 aromatic carbocycles. The molecule has 0 aliphatic carbocycles. The number of benzene rings is 2. The summed E-state index contributed by atoms with van der Waals surface area (Å²) in [5.41, 5.74) is 0.0456. The summed E-state index contributed by atoms with van der Waals surface area (Å²) in [6.45, 7) is 1.18. The van der Waals surface area contributed by atoms with Gasteiger partial charge in [-0.2, -0.15) is 0 Å². The van der Waals surface area contributed by atoms with Crippen molar-refractivity contribution in [2.24, 2.45) is 0 Å². The third-order valence-corrected chi connectivity index (χ3v) is 4.52. The second-order valence-corrected chi connectivity index (χ2v) is 6.44. The van der Waals surface area contributed by atoms with E-state index in [1.807, 2.05) is 30.3 Å². The van der Waals surface area contributed by atoms with Gasteiger partial charge in [-0.25, -0.2) is 4.39 Å². The Labute approximate surface area is 152 Å². The topological polar surface area (TPSA) is 46.6 Å². The van der Waals surface area contributed by atoms with Crippen molar-refractivity contribution in [3.63, 3.8) is 0 Å². The minimum atomic E-state index is -0.542. The molecular formula is C21H22FNO3. The maximum atomic E-state index is 13.6. The van der Waals surface area contributed by atoms with Gasteiger partial charge in [0.05, 0.1) is 12.1 Å². The zero-order valence-electron chi connectivity index (χ0n) is 14.6. The maximum Gasteiger partial charge on any atom is 0.223 e. The highest BCUT2D eigenvalue weighted by atomic mass is 19.1. The molecule has 1 unspecified atom stereocenters. The molecule has 1 heterocycles. The third-order valence-electron chi connectivity index (χ3n) is 4.52. The summed E-state index contributed by atoms with van der Waals surface area (Å²) >= 11 is 0. The first-order chi connectivity index (χ1) is 12.6. The molecule has 0 aromatic heterocycles. The Morgan fingerprint density at radius 3 is 2.54 bits per heavy atom. The first-order valence-corrected chi connectivity index (χ1v) is 8.90. The summed E-state index contributed by atoms with van der Waals surface area (Å²) < 4.78 is 19.6. The van der Waals surface area contributed by atoms with Crippen molar-refractivity contribution in [1.29, 1.82) is 0 Å². The number of rotatable bonds is 6. The molecule has 0 N–H and O–H groups in total. The smallest absolute Gasteiger partial charge is 0.223 e. The number of Topliss-reactive ketones (excluding diaryl/α,β-unsaturated/α-hetero) is 1. The summed E-state index contributed by atoms with van der Waals surface area (Å²) in [4.78, 5) is 26.3. The van der Waals surface area contributed by atoms with E-state index < -0.39 is 5.82 Å². The van der Waals surface area contributed by atoms with Crippen LogP contribution >= 0.6 is 0 Å². The lowest BCUT2D eigenvalue weighted by Crippen LogP contribution is -2.44. The van der Waals surface area contributed by atoms with Crippen molar-refractivity contribution in [2.45, 2.75) is 31.8 Å². The van der Waals surface area contributed by atoms with Crippen LogP contribution in [0.15, 0.2) is 54.6 Å². The van der Waals surface area contributed by atoms with E-state index in [0.717, 1.165) is 18.6 Å². The molecule has 0 radical (unpaired) electrons. The van der Waals surface area contributed by atoms with Crippen LogP contribution in [0.25, 0.3) is 0 Å². The number of halogens is 1. The Morgan fingerprint density at radius 1 is 1.04 bits per heavy atom. The normalized spacial score (nSPS) is 17.0. The van der Waals surface area contributed by atoms with E-state index in [1.54, 1.807) is 11.0 Å². The molecule has 0 saturated carbocycles. The number of carbonyl (C=O) groups is 2. The minimum absolute atomic E-state index is 0.0144. The Bertz CT molecular complexity index is 763. The van der Waals surface area contributed by atoms with Gasteiger partial charge in [0.15, 0.2) is 5.78 Å². The van der Waals surface area contributed by atoms with Crippen LogP contribution in [0, 0.1) is 5.82 Å². The van der Waals surface area contributed by atoms with Crippen molar-refractivity contribution in [1.82, 2.24) is 4.90 Å². The van der Waals surface area contributed by atoms with Crippen molar-refractivity contribution in [3.8, 4) is 5.75 Å². The molecule has 0 bridgehead atoms. The fourth-order valence-electron chi connectivity index (χ4n) is 3.15. The zero-order chi connectivity index (χ0) is 18.4. The van der Waals surface area contributed by atoms with Crippen molar-refractivity contribution >= 4 is 11.7 Å². The predicted molar refractivity (Wildman–Crippen MR) is 96.6 cm³/mol. The number of piperidine rings is 1. The van der Waals surface area contributed by atoms with Gasteiger partial charge in [0.25, 0.3) is 0 Å². The Morgan fingerprint density at radius 2 is 1.77 bits per heavy atom. The predicted octanol–water partition coefficient (Wildman–Crippen LogP) is 3.86. The molecule has 136 valence electrons. The number of carbonyl (C=O) groups excluding carboxylic acids is 2. The van der Waals surface area contributed by atoms with Crippen molar-refractivity contribution in [3.05, 3.63) is 66.0 Å². The number of para-hydroxylation sites is 1. The number of amides is 1. The first-order valence-electron chi connectivity index (χ1n) is 8.90. The van der Waals surface area contributed by atoms with E-state index in [0.29, 0.717) is 13.1 Å². The molecule has 1 saturated heterocycles. The van der Waals surface area contributed by atoms with E-state index in [-0.39, 0.29) is 36.2 Å². The monoisotopic (exact) mass is 355 g/mol. The average molecular weight is 355 g/mol. The SMILES string of the molecule is O=C(CCC(=O)N1CCCC(Oc2ccccc2)C1)c1ccccc1F. The largest absolute Gasteiger partial charge is 0.489 e. The molecule has 1 amide bonds. The summed E-state index contributed by atoms with van der Waals surface area (Å²) in [5.74, 6) is -0.178. The zero-order valence-corrected chi connectivity index (χ0v) is 14.6. The van der Waals surface area contributed by atoms with E-state index >= 15 is 0 Å². The molecule has 1 atom stereocenters. The second kappa shape index (κ2) is 8.61. The average Bonchev–Trinajstić information content (AvgIpc) is 2.67. The van der Waals surface area contributed by atoms with Crippen LogP contribution in [0.5, 0.6) is 5.75 Å². The first kappa shape index (κ1) is 18.1. The number of ether oxygens (including phenoxy) is 1. The van der Waals surface area contributed by atoms with E-state index in [4.69, 9.17) is 4.74 Å². The van der Waals surface area contributed by atoms with E-state index in [9.17, 15) is 14.0 Å². The Hall–Kier alpha value is -2.69. The van der Waals surface area contributed by atoms with Crippen molar-refractivity contribution in [2.75, 3.05) is 13.1 Å². The fraction of sp³-hybridized carbons (Fsp3) is 0.333. The van der Waals surface area contributed by atoms with Crippen LogP contribution in [0.4, 0.5) is 4.39 Å². The lowest BCUT2D eigenvalue weighted by Gasteiger charge is -2.33. The van der Waals surface area contributed by atoms with Crippen LogP contribution < -0.4 is 4.74 Å². The molecule has 26 heavy (non-hydrogen) atoms. The van der Waals surface area contributed by atoms with Crippen molar-refractivity contribution < 1.29 is 18.7 Å². The van der Waals surface area contributed by atoms with Crippen LogP contribution in [0.1, 0.15) is 36.0 Å². The standard InChI is InChI=1S/C21H22FNO3/c22-19-11-5-4-10-18(19)20(24)12-13-21(25)23-14-6-9-17(15-23)26-16-7-2-1-3-8-16/h1-5,7-8,10-11,17H,6,9,12-15H2. The number of hydrogen-bond donors (Lipinski definition) is 0. The highest BCUT2D eigenvalue weighted by molar-refractivity contribution is 5.98. The number of likely N-dealkylation sites (tertiary alicyclic amines) is 1. The fourth-order valence-corrected chi connectivity index (χ4v) is 3.15. The minimum Gasteiger partial charge on any atom is -0.489 e. The van der Waals surface area contributed by atoms with Gasteiger partial charge < -0.3 is 9.64 Å². The molecule has 2 aromatic rings.